The van der Waals surface area contributed by atoms with Gasteiger partial charge in [0, 0.05) is 10.8 Å². The van der Waals surface area contributed by atoms with Crippen molar-refractivity contribution in [1.82, 2.24) is 0 Å². The summed E-state index contributed by atoms with van der Waals surface area (Å²) in [5, 5.41) is 14.6. The molecule has 0 saturated carbocycles. The van der Waals surface area contributed by atoms with Gasteiger partial charge in [-0.15, -0.1) is 0 Å². The molecule has 0 aliphatic rings. The van der Waals surface area contributed by atoms with Crippen LogP contribution < -0.4 is 0 Å². The van der Waals surface area contributed by atoms with Crippen molar-refractivity contribution in [2.24, 2.45) is 0 Å². The first-order valence-corrected chi connectivity index (χ1v) is 25.9. The molecule has 0 aliphatic carbocycles. The number of fused-ring (bicyclic) bond motifs is 8. The highest BCUT2D eigenvalue weighted by molar-refractivity contribution is 6.26. The zero-order valence-corrected chi connectivity index (χ0v) is 41.0. The Morgan fingerprint density at radius 3 is 1.09 bits per heavy atom. The molecule has 15 rings (SSSR count). The van der Waals surface area contributed by atoms with E-state index in [0.29, 0.717) is 0 Å². The summed E-state index contributed by atoms with van der Waals surface area (Å²) >= 11 is 0. The molecule has 0 N–H and O–H groups in total. The topological polar surface area (TPSA) is 13.1 Å². The van der Waals surface area contributed by atoms with Gasteiger partial charge in [0.15, 0.2) is 0 Å². The second-order valence-corrected chi connectivity index (χ2v) is 19.8. The van der Waals surface area contributed by atoms with Gasteiger partial charge in [0.05, 0.1) is 0 Å². The fraction of sp³-hybridized carbons (Fsp3) is 0. The minimum Gasteiger partial charge on any atom is -0.456 e. The summed E-state index contributed by atoms with van der Waals surface area (Å²) in [4.78, 5) is 0. The molecule has 0 spiro atoms. The molecule has 1 aromatic heterocycles. The Morgan fingerprint density at radius 1 is 0.160 bits per heavy atom. The lowest BCUT2D eigenvalue weighted by atomic mass is 9.82. The standard InChI is InChI=1S/C74H46O/c1-3-19-47(20-4-1)48-35-37-50(38-36-48)71-57-26-9-13-30-61(57)73(62-31-14-10-27-58(62)71)65-43-42-53(54-23-7-8-24-55(54)65)51-39-41-66(67(45-51)49-21-5-2-6-22-49)74-63-32-15-11-28-59(63)72(60-29-12-16-33-64(60)74)52-40-44-70-68(46-52)56-25-17-18-34-69(56)75-70/h1-46H. The first kappa shape index (κ1) is 42.8. The van der Waals surface area contributed by atoms with Gasteiger partial charge in [-0.05, 0) is 156 Å². The van der Waals surface area contributed by atoms with E-state index in [1.807, 2.05) is 6.07 Å². The van der Waals surface area contributed by atoms with Crippen molar-refractivity contribution in [3.63, 3.8) is 0 Å². The van der Waals surface area contributed by atoms with Crippen LogP contribution >= 0.6 is 0 Å². The Kier molecular flexibility index (Phi) is 9.96. The van der Waals surface area contributed by atoms with Crippen LogP contribution in [-0.4, -0.2) is 0 Å². The summed E-state index contributed by atoms with van der Waals surface area (Å²) in [6.45, 7) is 0. The normalized spacial score (nSPS) is 11.7. The fourth-order valence-electron chi connectivity index (χ4n) is 12.4. The van der Waals surface area contributed by atoms with Gasteiger partial charge in [-0.3, -0.25) is 0 Å². The Hall–Kier alpha value is -9.82. The monoisotopic (exact) mass is 950 g/mol. The zero-order chi connectivity index (χ0) is 49.4. The molecule has 0 fully saturated rings. The van der Waals surface area contributed by atoms with Crippen LogP contribution in [0.5, 0.6) is 0 Å². The number of furan rings is 1. The van der Waals surface area contributed by atoms with Crippen molar-refractivity contribution in [2.45, 2.75) is 0 Å². The van der Waals surface area contributed by atoms with E-state index in [4.69, 9.17) is 4.42 Å². The molecule has 1 heterocycles. The highest BCUT2D eigenvalue weighted by Gasteiger charge is 2.23. The molecule has 15 aromatic rings. The quantitative estimate of drug-likeness (QED) is 0.145. The third-order valence-corrected chi connectivity index (χ3v) is 15.7. The Bertz CT molecular complexity index is 4620. The maximum Gasteiger partial charge on any atom is 0.135 e. The van der Waals surface area contributed by atoms with Crippen LogP contribution in [0.15, 0.2) is 283 Å². The van der Waals surface area contributed by atoms with Crippen LogP contribution in [-0.2, 0) is 0 Å². The van der Waals surface area contributed by atoms with E-state index < -0.39 is 0 Å². The van der Waals surface area contributed by atoms with Gasteiger partial charge in [0.1, 0.15) is 11.2 Å². The average Bonchev–Trinajstić information content (AvgIpc) is 3.90. The van der Waals surface area contributed by atoms with E-state index in [-0.39, 0.29) is 0 Å². The number of rotatable bonds is 7. The van der Waals surface area contributed by atoms with Gasteiger partial charge in [-0.1, -0.05) is 255 Å². The number of benzene rings is 14. The summed E-state index contributed by atoms with van der Waals surface area (Å²) in [6, 6.07) is 102. The molecule has 0 saturated heterocycles. The van der Waals surface area contributed by atoms with Gasteiger partial charge in [-0.25, -0.2) is 0 Å². The minimum absolute atomic E-state index is 0.901. The van der Waals surface area contributed by atoms with Crippen LogP contribution in [0.1, 0.15) is 0 Å². The summed E-state index contributed by atoms with van der Waals surface area (Å²) < 4.78 is 6.30. The Labute approximate surface area is 434 Å². The molecule has 1 heteroatoms. The van der Waals surface area contributed by atoms with Crippen LogP contribution in [0, 0.1) is 0 Å². The van der Waals surface area contributed by atoms with Gasteiger partial charge >= 0.3 is 0 Å². The number of hydrogen-bond donors (Lipinski definition) is 0. The molecule has 0 unspecified atom stereocenters. The number of para-hydroxylation sites is 1. The average molecular weight is 951 g/mol. The minimum atomic E-state index is 0.901. The Morgan fingerprint density at radius 2 is 0.520 bits per heavy atom. The van der Waals surface area contributed by atoms with Crippen LogP contribution in [0.3, 0.4) is 0 Å². The van der Waals surface area contributed by atoms with Gasteiger partial charge < -0.3 is 4.42 Å². The summed E-state index contributed by atoms with van der Waals surface area (Å²) in [5.41, 5.74) is 18.8. The predicted molar refractivity (Wildman–Crippen MR) is 319 cm³/mol. The van der Waals surface area contributed by atoms with E-state index in [1.54, 1.807) is 0 Å². The number of hydrogen-bond acceptors (Lipinski definition) is 1. The first-order valence-electron chi connectivity index (χ1n) is 25.9. The summed E-state index contributed by atoms with van der Waals surface area (Å²) in [6.07, 6.45) is 0. The van der Waals surface area contributed by atoms with Crippen LogP contribution in [0.4, 0.5) is 0 Å². The van der Waals surface area contributed by atoms with Crippen molar-refractivity contribution in [2.75, 3.05) is 0 Å². The molecular formula is C74H46O. The smallest absolute Gasteiger partial charge is 0.135 e. The first-order chi connectivity index (χ1) is 37.2. The lowest BCUT2D eigenvalue weighted by Crippen LogP contribution is -1.94. The van der Waals surface area contributed by atoms with Crippen LogP contribution in [0.25, 0.3) is 154 Å². The van der Waals surface area contributed by atoms with Crippen molar-refractivity contribution in [1.29, 1.82) is 0 Å². The largest absolute Gasteiger partial charge is 0.456 e. The molecule has 348 valence electrons. The van der Waals surface area contributed by atoms with Crippen LogP contribution in [0.2, 0.25) is 0 Å². The van der Waals surface area contributed by atoms with E-state index in [2.05, 4.69) is 273 Å². The molecule has 0 atom stereocenters. The van der Waals surface area contributed by atoms with Gasteiger partial charge in [0.2, 0.25) is 0 Å². The maximum absolute atomic E-state index is 6.30. The lowest BCUT2D eigenvalue weighted by molar-refractivity contribution is 0.669. The van der Waals surface area contributed by atoms with E-state index >= 15 is 0 Å². The molecule has 14 aromatic carbocycles. The molecule has 0 radical (unpaired) electrons. The van der Waals surface area contributed by atoms with Gasteiger partial charge in [0.25, 0.3) is 0 Å². The third-order valence-electron chi connectivity index (χ3n) is 15.7. The second-order valence-electron chi connectivity index (χ2n) is 19.8. The maximum atomic E-state index is 6.30. The predicted octanol–water partition coefficient (Wildman–Crippen LogP) is 21.0. The van der Waals surface area contributed by atoms with E-state index in [0.717, 1.165) is 21.9 Å². The van der Waals surface area contributed by atoms with E-state index in [1.165, 1.54) is 132 Å². The summed E-state index contributed by atoms with van der Waals surface area (Å²) in [5.74, 6) is 0. The highest BCUT2D eigenvalue weighted by atomic mass is 16.3. The molecular weight excluding hydrogens is 905 g/mol. The molecule has 0 amide bonds. The summed E-state index contributed by atoms with van der Waals surface area (Å²) in [7, 11) is 0. The third kappa shape index (κ3) is 6.93. The molecule has 0 aliphatic heterocycles. The SMILES string of the molecule is c1ccc(-c2ccc(-c3c4ccccc4c(-c4ccc(-c5ccc(-c6c7ccccc7c(-c7ccc8oc9ccccc9c8c7)c7ccccc67)c(-c6ccccc6)c5)c5ccccc45)c4ccccc34)cc2)cc1. The van der Waals surface area contributed by atoms with Crippen molar-refractivity contribution >= 4 is 75.8 Å². The zero-order valence-electron chi connectivity index (χ0n) is 41.0. The lowest BCUT2D eigenvalue weighted by Gasteiger charge is -2.21. The van der Waals surface area contributed by atoms with Crippen molar-refractivity contribution < 1.29 is 4.42 Å². The second kappa shape index (κ2) is 17.4. The Balaban J connectivity index is 0.913. The fourth-order valence-corrected chi connectivity index (χ4v) is 12.4. The van der Waals surface area contributed by atoms with Crippen molar-refractivity contribution in [3.8, 4) is 77.9 Å². The van der Waals surface area contributed by atoms with Gasteiger partial charge in [-0.2, -0.15) is 0 Å². The molecule has 75 heavy (non-hydrogen) atoms. The highest BCUT2D eigenvalue weighted by Crippen LogP contribution is 2.50. The van der Waals surface area contributed by atoms with Crippen molar-refractivity contribution in [3.05, 3.63) is 279 Å². The molecule has 0 bridgehead atoms. The van der Waals surface area contributed by atoms with E-state index in [9.17, 15) is 0 Å². The molecule has 1 nitrogen and oxygen atoms in total.